The second kappa shape index (κ2) is 13.8. The molecule has 3 aliphatic rings. The van der Waals surface area contributed by atoms with E-state index in [-0.39, 0.29) is 30.1 Å². The van der Waals surface area contributed by atoms with Crippen LogP contribution in [-0.2, 0) is 16.9 Å². The van der Waals surface area contributed by atoms with Gasteiger partial charge in [0.05, 0.1) is 5.56 Å². The van der Waals surface area contributed by atoms with Gasteiger partial charge in [-0.2, -0.15) is 22.0 Å². The lowest BCUT2D eigenvalue weighted by atomic mass is 9.90. The lowest BCUT2D eigenvalue weighted by molar-refractivity contribution is -0.143. The van der Waals surface area contributed by atoms with E-state index < -0.39 is 29.3 Å². The van der Waals surface area contributed by atoms with Crippen molar-refractivity contribution < 1.29 is 36.2 Å². The van der Waals surface area contributed by atoms with E-state index in [1.54, 1.807) is 12.1 Å². The van der Waals surface area contributed by atoms with Crippen LogP contribution in [0.3, 0.4) is 0 Å². The zero-order valence-corrected chi connectivity index (χ0v) is 23.8. The molecule has 0 spiro atoms. The van der Waals surface area contributed by atoms with E-state index in [1.807, 2.05) is 13.1 Å². The number of hydrogen-bond donors (Lipinski definition) is 1. The lowest BCUT2D eigenvalue weighted by Gasteiger charge is -2.29. The van der Waals surface area contributed by atoms with Crippen molar-refractivity contribution >= 4 is 5.97 Å². The predicted molar refractivity (Wildman–Crippen MR) is 147 cm³/mol. The average Bonchev–Trinajstić information content (AvgIpc) is 3.64. The lowest BCUT2D eigenvalue weighted by Crippen LogP contribution is -2.40. The van der Waals surface area contributed by atoms with Crippen molar-refractivity contribution in [1.82, 2.24) is 14.8 Å². The number of likely N-dealkylation sites (tertiary alicyclic amines) is 2. The number of carbonyl (C=O) groups is 1. The van der Waals surface area contributed by atoms with Crippen molar-refractivity contribution in [2.75, 3.05) is 33.2 Å². The molecule has 5 rings (SSSR count). The van der Waals surface area contributed by atoms with Gasteiger partial charge >= 0.3 is 12.1 Å². The first-order valence-electron chi connectivity index (χ1n) is 14.6. The fourth-order valence-corrected chi connectivity index (χ4v) is 5.82. The first kappa shape index (κ1) is 32.3. The maximum absolute atomic E-state index is 14.1. The number of hydrogen-bond acceptors (Lipinski definition) is 4. The summed E-state index contributed by atoms with van der Waals surface area (Å²) in [6.45, 7) is 3.32. The molecule has 3 fully saturated rings. The fraction of sp³-hybridized carbons (Fsp3) is 0.613. The van der Waals surface area contributed by atoms with Crippen LogP contribution in [0.25, 0.3) is 0 Å². The van der Waals surface area contributed by atoms with Crippen LogP contribution < -0.4 is 0 Å². The highest BCUT2D eigenvalue weighted by Gasteiger charge is 2.38. The van der Waals surface area contributed by atoms with Gasteiger partial charge in [0.2, 0.25) is 0 Å². The third-order valence-corrected chi connectivity index (χ3v) is 8.69. The molecule has 2 aliphatic heterocycles. The molecule has 0 radical (unpaired) electrons. The number of benzene rings is 1. The van der Waals surface area contributed by atoms with Crippen LogP contribution in [0, 0.1) is 17.7 Å². The number of pyridine rings is 1. The Balaban J connectivity index is 0.000000193. The molecule has 232 valence electrons. The van der Waals surface area contributed by atoms with Gasteiger partial charge in [-0.3, -0.25) is 14.7 Å². The Kier molecular flexibility index (Phi) is 10.6. The van der Waals surface area contributed by atoms with Crippen molar-refractivity contribution in [1.29, 1.82) is 0 Å². The van der Waals surface area contributed by atoms with Crippen LogP contribution in [0.2, 0.25) is 0 Å². The number of aliphatic carboxylic acids is 1. The molecule has 0 bridgehead atoms. The third-order valence-electron chi connectivity index (χ3n) is 8.69. The van der Waals surface area contributed by atoms with Gasteiger partial charge in [0, 0.05) is 19.2 Å². The topological polar surface area (TPSA) is 56.7 Å². The van der Waals surface area contributed by atoms with E-state index in [9.17, 15) is 36.2 Å². The van der Waals surface area contributed by atoms with Gasteiger partial charge in [0.1, 0.15) is 17.6 Å². The summed E-state index contributed by atoms with van der Waals surface area (Å²) in [6, 6.07) is 7.76. The number of nitrogens with zero attached hydrogens (tertiary/aromatic N) is 3. The monoisotopic (exact) mass is 599 g/mol. The smallest absolute Gasteiger partial charge is 0.417 e. The minimum Gasteiger partial charge on any atom is -0.480 e. The van der Waals surface area contributed by atoms with E-state index >= 15 is 0 Å². The van der Waals surface area contributed by atoms with Gasteiger partial charge in [0.15, 0.2) is 0 Å². The van der Waals surface area contributed by atoms with Crippen molar-refractivity contribution in [3.05, 3.63) is 65.2 Å². The molecule has 1 aromatic carbocycles. The molecule has 2 unspecified atom stereocenters. The Morgan fingerprint density at radius 2 is 1.71 bits per heavy atom. The molecule has 42 heavy (non-hydrogen) atoms. The summed E-state index contributed by atoms with van der Waals surface area (Å²) < 4.78 is 78.6. The van der Waals surface area contributed by atoms with Gasteiger partial charge in [-0.1, -0.05) is 25.0 Å². The maximum Gasteiger partial charge on any atom is 0.417 e. The van der Waals surface area contributed by atoms with Crippen LogP contribution in [0.15, 0.2) is 42.6 Å². The van der Waals surface area contributed by atoms with Gasteiger partial charge in [-0.15, -0.1) is 0 Å². The van der Waals surface area contributed by atoms with Crippen molar-refractivity contribution in [3.63, 3.8) is 0 Å². The summed E-state index contributed by atoms with van der Waals surface area (Å²) >= 11 is 0. The Morgan fingerprint density at radius 3 is 2.29 bits per heavy atom. The number of halogens is 6. The molecule has 1 aromatic heterocycles. The SMILES string of the molecule is CN1CCC(CCC(F)(F)c2ccc(C(F)(F)F)cn2)CC1.O=C(O)C(CC1CC1)N1CCC(c2cccc(F)c2)C1. The number of carboxylic acids is 1. The van der Waals surface area contributed by atoms with Crippen LogP contribution in [0.4, 0.5) is 26.3 Å². The number of piperidine rings is 1. The molecule has 5 nitrogen and oxygen atoms in total. The highest BCUT2D eigenvalue weighted by atomic mass is 19.4. The minimum atomic E-state index is -4.56. The number of alkyl halides is 5. The van der Waals surface area contributed by atoms with Gasteiger partial charge < -0.3 is 10.0 Å². The predicted octanol–water partition coefficient (Wildman–Crippen LogP) is 7.18. The quantitative estimate of drug-likeness (QED) is 0.310. The van der Waals surface area contributed by atoms with E-state index in [4.69, 9.17) is 0 Å². The van der Waals surface area contributed by atoms with Crippen LogP contribution in [0.5, 0.6) is 0 Å². The Morgan fingerprint density at radius 1 is 1.00 bits per heavy atom. The zero-order chi connectivity index (χ0) is 30.5. The Labute approximate surface area is 242 Å². The molecule has 2 atom stereocenters. The number of carboxylic acid groups (broad SMARTS) is 1. The second-order valence-corrected chi connectivity index (χ2v) is 12.0. The average molecular weight is 600 g/mol. The number of rotatable bonds is 9. The summed E-state index contributed by atoms with van der Waals surface area (Å²) in [5.41, 5.74) is -0.612. The molecule has 11 heteroatoms. The largest absolute Gasteiger partial charge is 0.480 e. The summed E-state index contributed by atoms with van der Waals surface area (Å²) in [4.78, 5) is 19.0. The van der Waals surface area contributed by atoms with E-state index in [0.29, 0.717) is 24.6 Å². The van der Waals surface area contributed by atoms with E-state index in [1.165, 1.54) is 18.9 Å². The van der Waals surface area contributed by atoms with E-state index in [2.05, 4.69) is 14.8 Å². The highest BCUT2D eigenvalue weighted by molar-refractivity contribution is 5.73. The van der Waals surface area contributed by atoms with Crippen LogP contribution >= 0.6 is 0 Å². The zero-order valence-electron chi connectivity index (χ0n) is 23.8. The summed E-state index contributed by atoms with van der Waals surface area (Å²) in [6.07, 6.45) is 1.69. The summed E-state index contributed by atoms with van der Waals surface area (Å²) in [5, 5.41) is 9.41. The molecule has 2 aromatic rings. The van der Waals surface area contributed by atoms with Crippen molar-refractivity contribution in [2.45, 2.75) is 75.4 Å². The van der Waals surface area contributed by atoms with Gasteiger partial charge in [-0.05, 0) is 106 Å². The van der Waals surface area contributed by atoms with E-state index in [0.717, 1.165) is 63.5 Å². The first-order valence-corrected chi connectivity index (χ1v) is 14.6. The van der Waals surface area contributed by atoms with Crippen LogP contribution in [0.1, 0.15) is 74.1 Å². The molecule has 1 N–H and O–H groups in total. The highest BCUT2D eigenvalue weighted by Crippen LogP contribution is 2.38. The number of aromatic nitrogens is 1. The standard InChI is InChI=1S/C16H20FNO2.C15H19F5N2/c17-14-3-1-2-12(9-14)13-6-7-18(10-13)15(16(19)20)8-11-4-5-11;1-22-8-5-11(6-9-22)4-7-14(16,17)13-3-2-12(10-21-13)15(18,19)20/h1-3,9,11,13,15H,4-8,10H2,(H,19,20);2-3,10-11H,4-9H2,1H3. The molecule has 3 heterocycles. The van der Waals surface area contributed by atoms with Crippen molar-refractivity contribution in [2.24, 2.45) is 11.8 Å². The Bertz CT molecular complexity index is 1160. The molecule has 1 saturated carbocycles. The van der Waals surface area contributed by atoms with Crippen molar-refractivity contribution in [3.8, 4) is 0 Å². The molecule has 0 amide bonds. The minimum absolute atomic E-state index is 0.214. The molecular formula is C31H39F6N3O2. The van der Waals surface area contributed by atoms with Crippen LogP contribution in [-0.4, -0.2) is 65.1 Å². The summed E-state index contributed by atoms with van der Waals surface area (Å²) in [5.74, 6) is -3.01. The molecule has 2 saturated heterocycles. The first-order chi connectivity index (χ1) is 19.8. The fourth-order valence-electron chi connectivity index (χ4n) is 5.82. The molecular weight excluding hydrogens is 560 g/mol. The van der Waals surface area contributed by atoms with Gasteiger partial charge in [0.25, 0.3) is 5.92 Å². The Hall–Kier alpha value is -2.66. The maximum atomic E-state index is 14.1. The summed E-state index contributed by atoms with van der Waals surface area (Å²) in [7, 11) is 2.00. The molecule has 1 aliphatic carbocycles. The normalized spacial score (nSPS) is 21.5. The van der Waals surface area contributed by atoms with Gasteiger partial charge in [-0.25, -0.2) is 4.39 Å². The second-order valence-electron chi connectivity index (χ2n) is 12.0. The third kappa shape index (κ3) is 9.17.